The van der Waals surface area contributed by atoms with Crippen LogP contribution in [-0.2, 0) is 0 Å². The lowest BCUT2D eigenvalue weighted by Crippen LogP contribution is -2.13. The van der Waals surface area contributed by atoms with Crippen LogP contribution in [0.4, 0.5) is 4.39 Å². The zero-order chi connectivity index (χ0) is 14.0. The van der Waals surface area contributed by atoms with Gasteiger partial charge in [-0.05, 0) is 43.3 Å². The fourth-order valence-electron chi connectivity index (χ4n) is 1.94. The molecule has 0 fully saturated rings. The summed E-state index contributed by atoms with van der Waals surface area (Å²) in [6.45, 7) is 2.13. The normalized spacial score (nSPS) is 12.7. The van der Waals surface area contributed by atoms with Crippen LogP contribution >= 0.6 is 34.5 Å². The van der Waals surface area contributed by atoms with Crippen molar-refractivity contribution in [1.29, 1.82) is 0 Å². The molecular weight excluding hydrogens is 304 g/mol. The quantitative estimate of drug-likeness (QED) is 0.731. The Kier molecular flexibility index (Phi) is 4.85. The molecule has 1 atom stereocenters. The highest BCUT2D eigenvalue weighted by atomic mass is 35.5. The van der Waals surface area contributed by atoms with Crippen molar-refractivity contribution >= 4 is 34.5 Å². The van der Waals surface area contributed by atoms with Gasteiger partial charge in [0.25, 0.3) is 0 Å². The molecule has 5 heteroatoms. The van der Waals surface area contributed by atoms with Crippen molar-refractivity contribution in [2.75, 3.05) is 7.05 Å². The summed E-state index contributed by atoms with van der Waals surface area (Å²) in [5.41, 5.74) is 0.846. The van der Waals surface area contributed by atoms with E-state index in [0.717, 1.165) is 16.9 Å². The molecule has 19 heavy (non-hydrogen) atoms. The highest BCUT2D eigenvalue weighted by Crippen LogP contribution is 2.36. The maximum Gasteiger partial charge on any atom is 0.160 e. The van der Waals surface area contributed by atoms with Gasteiger partial charge >= 0.3 is 0 Å². The lowest BCUT2D eigenvalue weighted by Gasteiger charge is -2.10. The Bertz CT molecular complexity index is 556. The topological polar surface area (TPSA) is 12.0 Å². The maximum atomic E-state index is 13.4. The van der Waals surface area contributed by atoms with Crippen LogP contribution in [0, 0.1) is 5.82 Å². The van der Waals surface area contributed by atoms with Gasteiger partial charge in [-0.1, -0.05) is 30.1 Å². The summed E-state index contributed by atoms with van der Waals surface area (Å²) in [5, 5.41) is 3.37. The van der Waals surface area contributed by atoms with E-state index in [1.165, 1.54) is 4.88 Å². The van der Waals surface area contributed by atoms with Crippen molar-refractivity contribution in [3.8, 4) is 10.4 Å². The van der Waals surface area contributed by atoms with Crippen LogP contribution in [0.1, 0.15) is 24.3 Å². The minimum atomic E-state index is -0.564. The summed E-state index contributed by atoms with van der Waals surface area (Å²) >= 11 is 13.3. The highest BCUT2D eigenvalue weighted by molar-refractivity contribution is 7.15. The average molecular weight is 318 g/mol. The first kappa shape index (κ1) is 14.8. The molecule has 0 radical (unpaired) electrons. The molecule has 0 bridgehead atoms. The molecule has 1 aromatic heterocycles. The third-order valence-electron chi connectivity index (χ3n) is 3.00. The van der Waals surface area contributed by atoms with Gasteiger partial charge in [-0.2, -0.15) is 0 Å². The Hall–Kier alpha value is -0.610. The minimum absolute atomic E-state index is 0.0538. The van der Waals surface area contributed by atoms with E-state index in [-0.39, 0.29) is 10.0 Å². The third kappa shape index (κ3) is 3.11. The van der Waals surface area contributed by atoms with E-state index in [1.54, 1.807) is 23.5 Å². The van der Waals surface area contributed by atoms with Crippen LogP contribution in [0.2, 0.25) is 10.0 Å². The first-order valence-electron chi connectivity index (χ1n) is 5.98. The number of nitrogens with one attached hydrogen (secondary N) is 1. The van der Waals surface area contributed by atoms with Crippen LogP contribution in [-0.4, -0.2) is 7.05 Å². The molecule has 0 saturated heterocycles. The number of hydrogen-bond donors (Lipinski definition) is 1. The molecule has 1 N–H and O–H groups in total. The molecule has 2 rings (SSSR count). The van der Waals surface area contributed by atoms with E-state index < -0.39 is 5.82 Å². The third-order valence-corrected chi connectivity index (χ3v) is 4.79. The van der Waals surface area contributed by atoms with Gasteiger partial charge in [-0.3, -0.25) is 0 Å². The number of hydrogen-bond acceptors (Lipinski definition) is 2. The number of rotatable bonds is 4. The zero-order valence-corrected chi connectivity index (χ0v) is 13.0. The highest BCUT2D eigenvalue weighted by Gasteiger charge is 2.13. The van der Waals surface area contributed by atoms with Crippen molar-refractivity contribution in [3.05, 3.63) is 45.0 Å². The van der Waals surface area contributed by atoms with Gasteiger partial charge in [-0.25, -0.2) is 4.39 Å². The summed E-state index contributed by atoms with van der Waals surface area (Å²) in [6.07, 6.45) is 1.02. The largest absolute Gasteiger partial charge is 0.312 e. The fraction of sp³-hybridized carbons (Fsp3) is 0.286. The van der Waals surface area contributed by atoms with E-state index >= 15 is 0 Å². The van der Waals surface area contributed by atoms with Crippen LogP contribution in [0.5, 0.6) is 0 Å². The van der Waals surface area contributed by atoms with Crippen molar-refractivity contribution in [2.24, 2.45) is 0 Å². The predicted octanol–water partition coefficient (Wildman–Crippen LogP) is 5.53. The van der Waals surface area contributed by atoms with E-state index in [0.29, 0.717) is 6.04 Å². The van der Waals surface area contributed by atoms with E-state index in [1.807, 2.05) is 13.1 Å². The van der Waals surface area contributed by atoms with Crippen LogP contribution in [0.25, 0.3) is 10.4 Å². The van der Waals surface area contributed by atoms with E-state index in [2.05, 4.69) is 18.3 Å². The number of halogens is 3. The summed E-state index contributed by atoms with van der Waals surface area (Å²) in [7, 11) is 1.94. The Labute approximate surface area is 126 Å². The molecule has 0 aliphatic heterocycles. The first-order valence-corrected chi connectivity index (χ1v) is 7.56. The Morgan fingerprint density at radius 1 is 1.26 bits per heavy atom. The summed E-state index contributed by atoms with van der Waals surface area (Å²) < 4.78 is 13.4. The van der Waals surface area contributed by atoms with Crippen molar-refractivity contribution < 1.29 is 4.39 Å². The Morgan fingerprint density at radius 2 is 1.89 bits per heavy atom. The summed E-state index contributed by atoms with van der Waals surface area (Å²) in [6, 6.07) is 7.65. The van der Waals surface area contributed by atoms with Gasteiger partial charge in [0.2, 0.25) is 0 Å². The van der Waals surface area contributed by atoms with Crippen LogP contribution in [0.3, 0.4) is 0 Å². The summed E-state index contributed by atoms with van der Waals surface area (Å²) in [5.74, 6) is -0.564. The second-order valence-corrected chi connectivity index (χ2v) is 6.14. The molecule has 0 saturated carbocycles. The smallest absolute Gasteiger partial charge is 0.160 e. The molecular formula is C14H14Cl2FNS. The zero-order valence-electron chi connectivity index (χ0n) is 10.6. The predicted molar refractivity (Wildman–Crippen MR) is 81.8 cm³/mol. The van der Waals surface area contributed by atoms with E-state index in [9.17, 15) is 4.39 Å². The number of benzene rings is 1. The summed E-state index contributed by atoms with van der Waals surface area (Å²) in [4.78, 5) is 2.28. The second-order valence-electron chi connectivity index (χ2n) is 4.21. The second kappa shape index (κ2) is 6.23. The van der Waals surface area contributed by atoms with Gasteiger partial charge in [0.15, 0.2) is 5.82 Å². The van der Waals surface area contributed by atoms with Gasteiger partial charge in [0, 0.05) is 15.8 Å². The first-order chi connectivity index (χ1) is 9.06. The molecule has 0 aliphatic rings. The molecule has 0 amide bonds. The number of thiophene rings is 1. The van der Waals surface area contributed by atoms with Gasteiger partial charge in [0.05, 0.1) is 10.0 Å². The SMILES string of the molecule is CCC(NC)c1ccc(-c2cc(Cl)c(F)c(Cl)c2)s1. The van der Waals surface area contributed by atoms with E-state index in [4.69, 9.17) is 23.2 Å². The standard InChI is InChI=1S/C14H14Cl2FNS/c1-3-11(18-2)13-5-4-12(19-13)8-6-9(15)14(17)10(16)7-8/h4-7,11,18H,3H2,1-2H3. The molecule has 1 nitrogen and oxygen atoms in total. The van der Waals surface area contributed by atoms with Crippen LogP contribution < -0.4 is 5.32 Å². The molecule has 1 aromatic carbocycles. The molecule has 0 aliphatic carbocycles. The maximum absolute atomic E-state index is 13.4. The monoisotopic (exact) mass is 317 g/mol. The van der Waals surface area contributed by atoms with Gasteiger partial charge < -0.3 is 5.32 Å². The average Bonchev–Trinajstić information content (AvgIpc) is 2.86. The van der Waals surface area contributed by atoms with Gasteiger partial charge in [-0.15, -0.1) is 11.3 Å². The Balaban J connectivity index is 2.38. The molecule has 1 heterocycles. The fourth-order valence-corrected chi connectivity index (χ4v) is 3.62. The van der Waals surface area contributed by atoms with Crippen molar-refractivity contribution in [1.82, 2.24) is 5.32 Å². The van der Waals surface area contributed by atoms with Crippen molar-refractivity contribution in [3.63, 3.8) is 0 Å². The molecule has 1 unspecified atom stereocenters. The molecule has 2 aromatic rings. The minimum Gasteiger partial charge on any atom is -0.312 e. The Morgan fingerprint density at radius 3 is 2.42 bits per heavy atom. The van der Waals surface area contributed by atoms with Crippen molar-refractivity contribution in [2.45, 2.75) is 19.4 Å². The molecule has 102 valence electrons. The lowest BCUT2D eigenvalue weighted by molar-refractivity contribution is 0.586. The molecule has 0 spiro atoms. The van der Waals surface area contributed by atoms with Crippen LogP contribution in [0.15, 0.2) is 24.3 Å². The lowest BCUT2D eigenvalue weighted by atomic mass is 10.1. The van der Waals surface area contributed by atoms with Gasteiger partial charge in [0.1, 0.15) is 0 Å².